The van der Waals surface area contributed by atoms with E-state index in [-0.39, 0.29) is 0 Å². The maximum absolute atomic E-state index is 9.43. The molecule has 0 amide bonds. The van der Waals surface area contributed by atoms with Crippen molar-refractivity contribution in [1.82, 2.24) is 5.32 Å². The maximum Gasteiger partial charge on any atom is 0.133 e. The fraction of sp³-hybridized carbons (Fsp3) is 0.357. The van der Waals surface area contributed by atoms with Gasteiger partial charge in [0, 0.05) is 6.54 Å². The van der Waals surface area contributed by atoms with E-state index >= 15 is 0 Å². The third kappa shape index (κ3) is 1.64. The van der Waals surface area contributed by atoms with Crippen LogP contribution in [0.2, 0.25) is 0 Å². The summed E-state index contributed by atoms with van der Waals surface area (Å²) in [6, 6.07) is 8.81. The molecule has 2 nitrogen and oxygen atoms in total. The van der Waals surface area contributed by atoms with E-state index in [1.807, 2.05) is 0 Å². The Morgan fingerprint density at radius 1 is 1.62 bits per heavy atom. The zero-order valence-electron chi connectivity index (χ0n) is 9.59. The van der Waals surface area contributed by atoms with Crippen LogP contribution in [-0.4, -0.2) is 6.54 Å². The summed E-state index contributed by atoms with van der Waals surface area (Å²) in [6.07, 6.45) is 3.64. The first-order valence-electron chi connectivity index (χ1n) is 5.59. The molecular weight excluding hydrogens is 196 g/mol. The molecule has 1 unspecified atom stereocenters. The van der Waals surface area contributed by atoms with Gasteiger partial charge in [0.25, 0.3) is 0 Å². The highest BCUT2D eigenvalue weighted by Gasteiger charge is 2.38. The predicted molar refractivity (Wildman–Crippen MR) is 65.0 cm³/mol. The summed E-state index contributed by atoms with van der Waals surface area (Å²) in [5.41, 5.74) is 3.15. The number of nitrogens with zero attached hydrogens (tertiary/aromatic N) is 1. The van der Waals surface area contributed by atoms with Crippen molar-refractivity contribution in [2.24, 2.45) is 0 Å². The Labute approximate surface area is 96.6 Å². The van der Waals surface area contributed by atoms with E-state index in [0.717, 1.165) is 18.4 Å². The van der Waals surface area contributed by atoms with E-state index in [1.165, 1.54) is 11.1 Å². The van der Waals surface area contributed by atoms with Crippen molar-refractivity contribution < 1.29 is 0 Å². The first kappa shape index (κ1) is 10.9. The van der Waals surface area contributed by atoms with Gasteiger partial charge in [-0.15, -0.1) is 6.58 Å². The highest BCUT2D eigenvalue weighted by molar-refractivity contribution is 5.45. The normalized spacial score (nSPS) is 22.5. The molecule has 1 aliphatic carbocycles. The molecule has 16 heavy (non-hydrogen) atoms. The minimum Gasteiger partial charge on any atom is -0.292 e. The van der Waals surface area contributed by atoms with Gasteiger partial charge in [0.15, 0.2) is 0 Å². The second-order valence-corrected chi connectivity index (χ2v) is 4.35. The SMILES string of the molecule is C=CCNC1(C#N)CCc2ccc(C)cc21. The van der Waals surface area contributed by atoms with Crippen LogP contribution in [0.3, 0.4) is 0 Å². The van der Waals surface area contributed by atoms with Crippen molar-refractivity contribution in [3.63, 3.8) is 0 Å². The van der Waals surface area contributed by atoms with Gasteiger partial charge >= 0.3 is 0 Å². The number of fused-ring (bicyclic) bond motifs is 1. The largest absolute Gasteiger partial charge is 0.292 e. The summed E-state index contributed by atoms with van der Waals surface area (Å²) in [7, 11) is 0. The zero-order valence-corrected chi connectivity index (χ0v) is 9.59. The lowest BCUT2D eigenvalue weighted by molar-refractivity contribution is 0.447. The van der Waals surface area contributed by atoms with Gasteiger partial charge in [0.1, 0.15) is 5.54 Å². The van der Waals surface area contributed by atoms with E-state index in [0.29, 0.717) is 6.54 Å². The van der Waals surface area contributed by atoms with Gasteiger partial charge in [-0.2, -0.15) is 5.26 Å². The van der Waals surface area contributed by atoms with Crippen molar-refractivity contribution in [1.29, 1.82) is 5.26 Å². The summed E-state index contributed by atoms with van der Waals surface area (Å²) < 4.78 is 0. The van der Waals surface area contributed by atoms with E-state index in [1.54, 1.807) is 6.08 Å². The van der Waals surface area contributed by atoms with Crippen molar-refractivity contribution in [2.45, 2.75) is 25.3 Å². The summed E-state index contributed by atoms with van der Waals surface area (Å²) in [6.45, 7) is 6.42. The molecule has 1 N–H and O–H groups in total. The van der Waals surface area contributed by atoms with Gasteiger partial charge in [-0.05, 0) is 30.9 Å². The standard InChI is InChI=1S/C14H16N2/c1-3-8-16-14(10-15)7-6-12-5-4-11(2)9-13(12)14/h3-5,9,16H,1,6-8H2,2H3. The lowest BCUT2D eigenvalue weighted by atomic mass is 9.92. The molecule has 2 rings (SSSR count). The first-order chi connectivity index (χ1) is 7.72. The average Bonchev–Trinajstić information content (AvgIpc) is 2.66. The van der Waals surface area contributed by atoms with Crippen LogP contribution in [-0.2, 0) is 12.0 Å². The smallest absolute Gasteiger partial charge is 0.133 e. The summed E-state index contributed by atoms with van der Waals surface area (Å²) in [5.74, 6) is 0. The average molecular weight is 212 g/mol. The molecule has 0 spiro atoms. The molecule has 0 bridgehead atoms. The molecule has 2 heteroatoms. The van der Waals surface area contributed by atoms with E-state index in [9.17, 15) is 5.26 Å². The number of hydrogen-bond donors (Lipinski definition) is 1. The van der Waals surface area contributed by atoms with Crippen molar-refractivity contribution in [3.05, 3.63) is 47.5 Å². The zero-order chi connectivity index (χ0) is 11.6. The monoisotopic (exact) mass is 212 g/mol. The lowest BCUT2D eigenvalue weighted by Crippen LogP contribution is -2.39. The predicted octanol–water partition coefficient (Wildman–Crippen LogP) is 2.44. The number of benzene rings is 1. The topological polar surface area (TPSA) is 35.8 Å². The summed E-state index contributed by atoms with van der Waals surface area (Å²) in [4.78, 5) is 0. The van der Waals surface area contributed by atoms with Gasteiger partial charge in [-0.25, -0.2) is 0 Å². The second-order valence-electron chi connectivity index (χ2n) is 4.35. The Morgan fingerprint density at radius 3 is 3.12 bits per heavy atom. The second kappa shape index (κ2) is 4.11. The van der Waals surface area contributed by atoms with E-state index in [4.69, 9.17) is 0 Å². The molecule has 82 valence electrons. The number of nitriles is 1. The Kier molecular flexibility index (Phi) is 2.80. The minimum atomic E-state index is -0.504. The highest BCUT2D eigenvalue weighted by Crippen LogP contribution is 2.36. The summed E-state index contributed by atoms with van der Waals surface area (Å²) >= 11 is 0. The van der Waals surface area contributed by atoms with Crippen LogP contribution in [0.4, 0.5) is 0 Å². The maximum atomic E-state index is 9.43. The van der Waals surface area contributed by atoms with Crippen LogP contribution < -0.4 is 5.32 Å². The van der Waals surface area contributed by atoms with Gasteiger partial charge in [-0.3, -0.25) is 5.32 Å². The van der Waals surface area contributed by atoms with E-state index in [2.05, 4.69) is 43.1 Å². The van der Waals surface area contributed by atoms with Gasteiger partial charge < -0.3 is 0 Å². The quantitative estimate of drug-likeness (QED) is 0.781. The molecule has 0 aliphatic heterocycles. The van der Waals surface area contributed by atoms with E-state index < -0.39 is 5.54 Å². The Balaban J connectivity index is 2.42. The number of rotatable bonds is 3. The third-order valence-electron chi connectivity index (χ3n) is 3.23. The van der Waals surface area contributed by atoms with Crippen LogP contribution in [0.1, 0.15) is 23.1 Å². The van der Waals surface area contributed by atoms with Crippen LogP contribution in [0.5, 0.6) is 0 Å². The number of nitrogens with one attached hydrogen (secondary N) is 1. The Bertz CT molecular complexity index is 456. The van der Waals surface area contributed by atoms with Crippen LogP contribution in [0, 0.1) is 18.3 Å². The van der Waals surface area contributed by atoms with Crippen LogP contribution in [0.15, 0.2) is 30.9 Å². The fourth-order valence-electron chi connectivity index (χ4n) is 2.35. The first-order valence-corrected chi connectivity index (χ1v) is 5.59. The van der Waals surface area contributed by atoms with Crippen LogP contribution >= 0.6 is 0 Å². The molecule has 0 fully saturated rings. The van der Waals surface area contributed by atoms with Crippen molar-refractivity contribution >= 4 is 0 Å². The third-order valence-corrected chi connectivity index (χ3v) is 3.23. The number of aryl methyl sites for hydroxylation is 2. The molecule has 1 aromatic carbocycles. The van der Waals surface area contributed by atoms with Gasteiger partial charge in [0.2, 0.25) is 0 Å². The lowest BCUT2D eigenvalue weighted by Gasteiger charge is -2.23. The molecule has 0 radical (unpaired) electrons. The minimum absolute atomic E-state index is 0.504. The Hall–Kier alpha value is -1.59. The Morgan fingerprint density at radius 2 is 2.44 bits per heavy atom. The molecule has 1 aliphatic rings. The fourth-order valence-corrected chi connectivity index (χ4v) is 2.35. The molecule has 0 heterocycles. The highest BCUT2D eigenvalue weighted by atomic mass is 15.0. The molecule has 0 aromatic heterocycles. The van der Waals surface area contributed by atoms with Gasteiger partial charge in [-0.1, -0.05) is 29.8 Å². The molecule has 1 aromatic rings. The molecular formula is C14H16N2. The van der Waals surface area contributed by atoms with Crippen LogP contribution in [0.25, 0.3) is 0 Å². The van der Waals surface area contributed by atoms with Crippen molar-refractivity contribution in [2.75, 3.05) is 6.54 Å². The molecule has 1 atom stereocenters. The number of hydrogen-bond acceptors (Lipinski definition) is 2. The van der Waals surface area contributed by atoms with Gasteiger partial charge in [0.05, 0.1) is 6.07 Å². The summed E-state index contributed by atoms with van der Waals surface area (Å²) in [5, 5.41) is 12.7. The molecule has 0 saturated carbocycles. The molecule has 0 saturated heterocycles. The van der Waals surface area contributed by atoms with Crippen molar-refractivity contribution in [3.8, 4) is 6.07 Å².